The fourth-order valence-electron chi connectivity index (χ4n) is 4.78. The second-order valence-corrected chi connectivity index (χ2v) is 11.2. The van der Waals surface area contributed by atoms with Gasteiger partial charge in [-0.25, -0.2) is 8.42 Å². The van der Waals surface area contributed by atoms with Crippen LogP contribution in [0.1, 0.15) is 26.2 Å². The topological polar surface area (TPSA) is 133 Å². The van der Waals surface area contributed by atoms with Crippen LogP contribution in [0, 0.1) is 5.92 Å². The van der Waals surface area contributed by atoms with Crippen molar-refractivity contribution < 1.29 is 23.1 Å². The summed E-state index contributed by atoms with van der Waals surface area (Å²) in [6.07, 6.45) is 0.726. The highest BCUT2D eigenvalue weighted by atomic mass is 35.5. The zero-order chi connectivity index (χ0) is 24.6. The maximum atomic E-state index is 13.0. The van der Waals surface area contributed by atoms with Crippen LogP contribution in [-0.2, 0) is 19.6 Å². The van der Waals surface area contributed by atoms with Gasteiger partial charge in [0.15, 0.2) is 0 Å². The summed E-state index contributed by atoms with van der Waals surface area (Å²) in [5.41, 5.74) is 5.43. The molecular formula is C23H29ClN4O5S. The predicted molar refractivity (Wildman–Crippen MR) is 128 cm³/mol. The van der Waals surface area contributed by atoms with Crippen LogP contribution in [0.15, 0.2) is 41.3 Å². The molecule has 2 saturated heterocycles. The zero-order valence-corrected chi connectivity index (χ0v) is 20.4. The average molecular weight is 509 g/mol. The van der Waals surface area contributed by atoms with E-state index >= 15 is 0 Å². The molecule has 34 heavy (non-hydrogen) atoms. The summed E-state index contributed by atoms with van der Waals surface area (Å²) in [4.78, 5) is 27.9. The van der Waals surface area contributed by atoms with E-state index in [2.05, 4.69) is 4.72 Å². The lowest BCUT2D eigenvalue weighted by Crippen LogP contribution is -2.55. The summed E-state index contributed by atoms with van der Waals surface area (Å²) in [6.45, 7) is 2.97. The fraction of sp³-hybridized carbons (Fsp3) is 0.478. The number of amides is 2. The molecule has 9 nitrogen and oxygen atoms in total. The number of nitrogens with zero attached hydrogens (tertiary/aromatic N) is 2. The molecule has 0 aliphatic carbocycles. The standard InChI is InChI=1S/C23H29ClN4O5S/c1-14(22(30)27-9-2-3-17(13-27)21(25)29)28-10-8-20(23(28)31)26-34(32,33)19-7-5-15-11-18(24)6-4-16(15)12-19/h4-7,11-12,14,17,20,22,26,30H,2-3,8-10,13H2,1H3,(H2,25,29)/t14-,17?,20-,22?/m0/s1. The first kappa shape index (κ1) is 24.9. The van der Waals surface area contributed by atoms with Crippen LogP contribution in [-0.4, -0.2) is 73.1 Å². The number of primary amides is 1. The number of carbonyl (C=O) groups is 2. The molecule has 2 unspecified atom stereocenters. The molecule has 0 spiro atoms. The molecule has 2 amide bonds. The van der Waals surface area contributed by atoms with Crippen LogP contribution >= 0.6 is 11.6 Å². The van der Waals surface area contributed by atoms with Gasteiger partial charge in [0.1, 0.15) is 12.3 Å². The lowest BCUT2D eigenvalue weighted by molar-refractivity contribution is -0.139. The normalized spacial score (nSPS) is 23.9. The number of halogens is 1. The van der Waals surface area contributed by atoms with Gasteiger partial charge in [-0.15, -0.1) is 0 Å². The maximum Gasteiger partial charge on any atom is 0.241 e. The molecule has 2 aliphatic heterocycles. The van der Waals surface area contributed by atoms with Crippen molar-refractivity contribution in [1.82, 2.24) is 14.5 Å². The van der Waals surface area contributed by atoms with Gasteiger partial charge >= 0.3 is 0 Å². The smallest absolute Gasteiger partial charge is 0.241 e. The molecule has 2 aromatic rings. The lowest BCUT2D eigenvalue weighted by Gasteiger charge is -2.39. The number of nitrogens with one attached hydrogen (secondary N) is 1. The van der Waals surface area contributed by atoms with Gasteiger partial charge in [-0.1, -0.05) is 23.7 Å². The zero-order valence-electron chi connectivity index (χ0n) is 18.9. The number of carbonyl (C=O) groups excluding carboxylic acids is 2. The number of nitrogens with two attached hydrogens (primary N) is 1. The largest absolute Gasteiger partial charge is 0.376 e. The van der Waals surface area contributed by atoms with Crippen LogP contribution in [0.3, 0.4) is 0 Å². The highest BCUT2D eigenvalue weighted by Crippen LogP contribution is 2.25. The number of hydrogen-bond donors (Lipinski definition) is 3. The van der Waals surface area contributed by atoms with Crippen LogP contribution in [0.2, 0.25) is 5.02 Å². The molecular weight excluding hydrogens is 480 g/mol. The number of rotatable bonds is 7. The van der Waals surface area contributed by atoms with Gasteiger partial charge in [0, 0.05) is 24.7 Å². The summed E-state index contributed by atoms with van der Waals surface area (Å²) >= 11 is 6.00. The molecule has 184 valence electrons. The summed E-state index contributed by atoms with van der Waals surface area (Å²) in [5, 5.41) is 13.0. The van der Waals surface area contributed by atoms with Crippen LogP contribution in [0.5, 0.6) is 0 Å². The highest BCUT2D eigenvalue weighted by Gasteiger charge is 2.41. The monoisotopic (exact) mass is 508 g/mol. The van der Waals surface area contributed by atoms with Crippen molar-refractivity contribution >= 4 is 44.2 Å². The SMILES string of the molecule is C[C@@H](C(O)N1CCCC(C(N)=O)C1)N1CC[C@H](NS(=O)(=O)c2ccc3cc(Cl)ccc3c2)C1=O. The van der Waals surface area contributed by atoms with Crippen molar-refractivity contribution in [1.29, 1.82) is 0 Å². The van der Waals surface area contributed by atoms with E-state index in [0.29, 0.717) is 37.5 Å². The van der Waals surface area contributed by atoms with Crippen molar-refractivity contribution in [3.63, 3.8) is 0 Å². The van der Waals surface area contributed by atoms with E-state index in [1.807, 2.05) is 0 Å². The number of benzene rings is 2. The summed E-state index contributed by atoms with van der Waals surface area (Å²) in [7, 11) is -3.94. The van der Waals surface area contributed by atoms with E-state index in [1.165, 1.54) is 11.0 Å². The van der Waals surface area contributed by atoms with Gasteiger partial charge in [0.2, 0.25) is 21.8 Å². The number of sulfonamides is 1. The number of aliphatic hydroxyl groups is 1. The van der Waals surface area contributed by atoms with E-state index in [0.717, 1.165) is 17.2 Å². The second-order valence-electron chi connectivity index (χ2n) is 9.04. The molecule has 0 radical (unpaired) electrons. The number of aliphatic hydroxyl groups excluding tert-OH is 1. The first-order chi connectivity index (χ1) is 16.1. The van der Waals surface area contributed by atoms with Crippen molar-refractivity contribution in [3.8, 4) is 0 Å². The average Bonchev–Trinajstić information content (AvgIpc) is 3.16. The van der Waals surface area contributed by atoms with Crippen molar-refractivity contribution in [2.24, 2.45) is 11.7 Å². The Morgan fingerprint density at radius 3 is 2.62 bits per heavy atom. The van der Waals surface area contributed by atoms with E-state index < -0.39 is 34.2 Å². The molecule has 2 aliphatic rings. The Labute approximate surface area is 203 Å². The summed E-state index contributed by atoms with van der Waals surface area (Å²) in [5.74, 6) is -1.11. The number of fused-ring (bicyclic) bond motifs is 1. The maximum absolute atomic E-state index is 13.0. The van der Waals surface area contributed by atoms with Gasteiger partial charge in [0.25, 0.3) is 0 Å². The Bertz CT molecular complexity index is 1210. The van der Waals surface area contributed by atoms with Crippen molar-refractivity contribution in [2.45, 2.75) is 49.4 Å². The molecule has 0 saturated carbocycles. The molecule has 4 N–H and O–H groups in total. The Hall–Kier alpha value is -2.24. The minimum absolute atomic E-state index is 0.0625. The minimum atomic E-state index is -3.94. The van der Waals surface area contributed by atoms with E-state index in [-0.39, 0.29) is 16.7 Å². The van der Waals surface area contributed by atoms with Gasteiger partial charge in [-0.05, 0) is 61.2 Å². The Morgan fingerprint density at radius 2 is 1.88 bits per heavy atom. The quantitative estimate of drug-likeness (QED) is 0.516. The van der Waals surface area contributed by atoms with E-state index in [1.54, 1.807) is 42.2 Å². The molecule has 2 fully saturated rings. The lowest BCUT2D eigenvalue weighted by atomic mass is 9.96. The molecule has 0 bridgehead atoms. The molecule has 4 atom stereocenters. The van der Waals surface area contributed by atoms with E-state index in [9.17, 15) is 23.1 Å². The number of hydrogen-bond acceptors (Lipinski definition) is 6. The molecule has 2 aromatic carbocycles. The molecule has 11 heteroatoms. The Kier molecular flexibility index (Phi) is 7.16. The van der Waals surface area contributed by atoms with Crippen LogP contribution in [0.4, 0.5) is 0 Å². The van der Waals surface area contributed by atoms with Gasteiger partial charge < -0.3 is 15.7 Å². The van der Waals surface area contributed by atoms with Gasteiger partial charge in [-0.2, -0.15) is 4.72 Å². The third-order valence-electron chi connectivity index (χ3n) is 6.77. The van der Waals surface area contributed by atoms with Crippen LogP contribution < -0.4 is 10.5 Å². The van der Waals surface area contributed by atoms with E-state index in [4.69, 9.17) is 17.3 Å². The third-order valence-corrected chi connectivity index (χ3v) is 8.48. The second kappa shape index (κ2) is 9.79. The molecule has 2 heterocycles. The van der Waals surface area contributed by atoms with Gasteiger partial charge in [-0.3, -0.25) is 14.5 Å². The highest BCUT2D eigenvalue weighted by molar-refractivity contribution is 7.89. The van der Waals surface area contributed by atoms with Gasteiger partial charge in [0.05, 0.1) is 16.9 Å². The third kappa shape index (κ3) is 5.06. The first-order valence-corrected chi connectivity index (χ1v) is 13.2. The molecule has 0 aromatic heterocycles. The Morgan fingerprint density at radius 1 is 1.18 bits per heavy atom. The summed E-state index contributed by atoms with van der Waals surface area (Å²) < 4.78 is 28.5. The predicted octanol–water partition coefficient (Wildman–Crippen LogP) is 1.28. The number of piperidine rings is 1. The summed E-state index contributed by atoms with van der Waals surface area (Å²) in [6, 6.07) is 8.39. The van der Waals surface area contributed by atoms with Crippen molar-refractivity contribution in [2.75, 3.05) is 19.6 Å². The Balaban J connectivity index is 1.43. The molecule has 4 rings (SSSR count). The van der Waals surface area contributed by atoms with Crippen molar-refractivity contribution in [3.05, 3.63) is 41.4 Å². The fourth-order valence-corrected chi connectivity index (χ4v) is 6.22. The van der Waals surface area contributed by atoms with Crippen LogP contribution in [0.25, 0.3) is 10.8 Å². The minimum Gasteiger partial charge on any atom is -0.376 e. The number of likely N-dealkylation sites (tertiary alicyclic amines) is 2. The first-order valence-electron chi connectivity index (χ1n) is 11.3.